The maximum absolute atomic E-state index is 11.1. The predicted molar refractivity (Wildman–Crippen MR) is 74.3 cm³/mol. The van der Waals surface area contributed by atoms with Gasteiger partial charge in [-0.1, -0.05) is 22.0 Å². The summed E-state index contributed by atoms with van der Waals surface area (Å²) in [5, 5.41) is 11.1. The number of halogens is 1. The van der Waals surface area contributed by atoms with Crippen molar-refractivity contribution in [3.8, 4) is 5.75 Å². The molecule has 18 heavy (non-hydrogen) atoms. The molecule has 3 nitrogen and oxygen atoms in total. The van der Waals surface area contributed by atoms with Crippen LogP contribution in [0, 0.1) is 0 Å². The van der Waals surface area contributed by atoms with Crippen molar-refractivity contribution in [2.75, 3.05) is 7.11 Å². The van der Waals surface area contributed by atoms with Crippen LogP contribution < -0.4 is 4.74 Å². The maximum atomic E-state index is 11.1. The zero-order valence-corrected chi connectivity index (χ0v) is 11.7. The van der Waals surface area contributed by atoms with E-state index in [1.807, 2.05) is 30.3 Å². The van der Waals surface area contributed by atoms with E-state index >= 15 is 0 Å². The number of rotatable bonds is 3. The summed E-state index contributed by atoms with van der Waals surface area (Å²) in [6.07, 6.45) is 0. The van der Waals surface area contributed by atoms with Crippen molar-refractivity contribution in [3.05, 3.63) is 40.4 Å². The number of fused-ring (bicyclic) bond motifs is 1. The summed E-state index contributed by atoms with van der Waals surface area (Å²) in [6, 6.07) is 9.63. The van der Waals surface area contributed by atoms with Gasteiger partial charge in [-0.2, -0.15) is 0 Å². The summed E-state index contributed by atoms with van der Waals surface area (Å²) in [6.45, 7) is 1.66. The molecule has 0 aliphatic carbocycles. The van der Waals surface area contributed by atoms with Crippen molar-refractivity contribution in [2.45, 2.75) is 12.8 Å². The molecule has 2 aromatic carbocycles. The fourth-order valence-electron chi connectivity index (χ4n) is 1.91. The van der Waals surface area contributed by atoms with Crippen molar-refractivity contribution in [2.24, 2.45) is 0 Å². The summed E-state index contributed by atoms with van der Waals surface area (Å²) >= 11 is 3.41. The topological polar surface area (TPSA) is 46.5 Å². The molecule has 1 unspecified atom stereocenters. The molecule has 0 aliphatic heterocycles. The molecule has 2 aromatic rings. The zero-order chi connectivity index (χ0) is 13.3. The molecule has 0 bridgehead atoms. The normalized spacial score (nSPS) is 12.4. The summed E-state index contributed by atoms with van der Waals surface area (Å²) in [4.78, 5) is 11.1. The molecule has 0 fully saturated rings. The van der Waals surface area contributed by atoms with Gasteiger partial charge < -0.3 is 9.84 Å². The van der Waals surface area contributed by atoms with E-state index in [0.717, 1.165) is 15.2 Å². The fourth-order valence-corrected chi connectivity index (χ4v) is 2.29. The van der Waals surface area contributed by atoms with Crippen molar-refractivity contribution < 1.29 is 14.6 Å². The Bertz CT molecular complexity index is 607. The Morgan fingerprint density at radius 3 is 2.61 bits per heavy atom. The van der Waals surface area contributed by atoms with Crippen LogP contribution in [0.5, 0.6) is 5.75 Å². The molecule has 2 rings (SSSR count). The smallest absolute Gasteiger partial charge is 0.310 e. The van der Waals surface area contributed by atoms with Gasteiger partial charge in [-0.3, -0.25) is 4.79 Å². The average molecular weight is 309 g/mol. The Hall–Kier alpha value is -1.55. The van der Waals surface area contributed by atoms with E-state index in [9.17, 15) is 4.79 Å². The number of carbonyl (C=O) groups is 1. The maximum Gasteiger partial charge on any atom is 0.310 e. The lowest BCUT2D eigenvalue weighted by Gasteiger charge is -2.13. The van der Waals surface area contributed by atoms with Crippen LogP contribution in [0.25, 0.3) is 10.8 Å². The third-order valence-electron chi connectivity index (χ3n) is 2.99. The first kappa shape index (κ1) is 12.9. The molecule has 0 saturated carbocycles. The first-order valence-corrected chi connectivity index (χ1v) is 6.32. The van der Waals surface area contributed by atoms with E-state index in [2.05, 4.69) is 15.9 Å². The third-order valence-corrected chi connectivity index (χ3v) is 3.48. The van der Waals surface area contributed by atoms with Crippen LogP contribution in [0.3, 0.4) is 0 Å². The van der Waals surface area contributed by atoms with Gasteiger partial charge in [0.2, 0.25) is 0 Å². The molecule has 94 valence electrons. The lowest BCUT2D eigenvalue weighted by molar-refractivity contribution is -0.138. The summed E-state index contributed by atoms with van der Waals surface area (Å²) in [5.74, 6) is -0.842. The second-order valence-electron chi connectivity index (χ2n) is 4.15. The van der Waals surface area contributed by atoms with E-state index in [0.29, 0.717) is 11.3 Å². The lowest BCUT2D eigenvalue weighted by Crippen LogP contribution is -2.08. The molecule has 4 heteroatoms. The van der Waals surface area contributed by atoms with Gasteiger partial charge in [0.05, 0.1) is 13.0 Å². The second kappa shape index (κ2) is 4.98. The minimum atomic E-state index is -0.859. The minimum absolute atomic E-state index is 0.594. The fraction of sp³-hybridized carbons (Fsp3) is 0.214. The molecular weight excluding hydrogens is 296 g/mol. The van der Waals surface area contributed by atoms with Gasteiger partial charge in [0, 0.05) is 10.0 Å². The average Bonchev–Trinajstić information content (AvgIpc) is 2.36. The molecule has 1 N–H and O–H groups in total. The van der Waals surface area contributed by atoms with E-state index in [1.165, 1.54) is 0 Å². The van der Waals surface area contributed by atoms with Gasteiger partial charge in [0.25, 0.3) is 0 Å². The van der Waals surface area contributed by atoms with E-state index < -0.39 is 11.9 Å². The highest BCUT2D eigenvalue weighted by molar-refractivity contribution is 9.10. The van der Waals surface area contributed by atoms with Gasteiger partial charge in [0.15, 0.2) is 0 Å². The van der Waals surface area contributed by atoms with Crippen LogP contribution in [0.4, 0.5) is 0 Å². The molecule has 0 aliphatic rings. The molecule has 0 heterocycles. The van der Waals surface area contributed by atoms with Crippen LogP contribution >= 0.6 is 15.9 Å². The summed E-state index contributed by atoms with van der Waals surface area (Å²) < 4.78 is 6.25. The van der Waals surface area contributed by atoms with Gasteiger partial charge in [0.1, 0.15) is 5.75 Å². The predicted octanol–water partition coefficient (Wildman–Crippen LogP) is 3.80. The molecular formula is C14H13BrO3. The first-order chi connectivity index (χ1) is 8.52. The molecule has 0 saturated heterocycles. The molecule has 0 amide bonds. The molecule has 0 aromatic heterocycles. The Balaban J connectivity index is 2.67. The van der Waals surface area contributed by atoms with E-state index in [-0.39, 0.29) is 0 Å². The number of methoxy groups -OCH3 is 1. The van der Waals surface area contributed by atoms with Crippen LogP contribution in [0.2, 0.25) is 0 Å². The Morgan fingerprint density at radius 2 is 2.00 bits per heavy atom. The molecule has 0 spiro atoms. The van der Waals surface area contributed by atoms with Crippen molar-refractivity contribution in [1.29, 1.82) is 0 Å². The van der Waals surface area contributed by atoms with Crippen LogP contribution in [0.15, 0.2) is 34.8 Å². The van der Waals surface area contributed by atoms with Gasteiger partial charge >= 0.3 is 5.97 Å². The highest BCUT2D eigenvalue weighted by atomic mass is 79.9. The Labute approximate surface area is 114 Å². The van der Waals surface area contributed by atoms with Gasteiger partial charge in [-0.15, -0.1) is 0 Å². The number of ether oxygens (including phenoxy) is 1. The molecule has 0 radical (unpaired) electrons. The number of hydrogen-bond acceptors (Lipinski definition) is 2. The molecule has 1 atom stereocenters. The highest BCUT2D eigenvalue weighted by Crippen LogP contribution is 2.32. The van der Waals surface area contributed by atoms with Crippen LogP contribution in [-0.2, 0) is 4.79 Å². The summed E-state index contributed by atoms with van der Waals surface area (Å²) in [5.41, 5.74) is 0.690. The van der Waals surface area contributed by atoms with E-state index in [1.54, 1.807) is 14.0 Å². The number of hydrogen-bond donors (Lipinski definition) is 1. The van der Waals surface area contributed by atoms with Crippen molar-refractivity contribution in [3.63, 3.8) is 0 Å². The number of benzene rings is 2. The van der Waals surface area contributed by atoms with E-state index in [4.69, 9.17) is 9.84 Å². The number of aliphatic carboxylic acids is 1. The SMILES string of the molecule is COc1cc2ccc(Br)cc2cc1C(C)C(=O)O. The quantitative estimate of drug-likeness (QED) is 0.938. The highest BCUT2D eigenvalue weighted by Gasteiger charge is 2.18. The monoisotopic (exact) mass is 308 g/mol. The van der Waals surface area contributed by atoms with Crippen LogP contribution in [-0.4, -0.2) is 18.2 Å². The Morgan fingerprint density at radius 1 is 1.28 bits per heavy atom. The van der Waals surface area contributed by atoms with Gasteiger partial charge in [-0.25, -0.2) is 0 Å². The first-order valence-electron chi connectivity index (χ1n) is 5.53. The second-order valence-corrected chi connectivity index (χ2v) is 5.06. The minimum Gasteiger partial charge on any atom is -0.496 e. The van der Waals surface area contributed by atoms with Crippen molar-refractivity contribution >= 4 is 32.7 Å². The largest absolute Gasteiger partial charge is 0.496 e. The number of carboxylic acid groups (broad SMARTS) is 1. The summed E-state index contributed by atoms with van der Waals surface area (Å²) in [7, 11) is 1.55. The lowest BCUT2D eigenvalue weighted by atomic mass is 9.96. The third kappa shape index (κ3) is 2.34. The van der Waals surface area contributed by atoms with Crippen LogP contribution in [0.1, 0.15) is 18.4 Å². The van der Waals surface area contributed by atoms with Gasteiger partial charge in [-0.05, 0) is 42.0 Å². The standard InChI is InChI=1S/C14H13BrO3/c1-8(14(16)17)12-6-10-5-11(15)4-3-9(10)7-13(12)18-2/h3-8H,1-2H3,(H,16,17). The number of carboxylic acids is 1. The Kier molecular flexibility index (Phi) is 3.57. The zero-order valence-electron chi connectivity index (χ0n) is 10.1. The van der Waals surface area contributed by atoms with Crippen molar-refractivity contribution in [1.82, 2.24) is 0 Å².